The van der Waals surface area contributed by atoms with Crippen molar-refractivity contribution in [3.63, 3.8) is 0 Å². The molecule has 1 heterocycles. The molecule has 5 nitrogen and oxygen atoms in total. The monoisotopic (exact) mass is 295 g/mol. The molecule has 0 spiro atoms. The number of hydrogen-bond donors (Lipinski definition) is 1. The Morgan fingerprint density at radius 1 is 1.40 bits per heavy atom. The fourth-order valence-electron chi connectivity index (χ4n) is 2.13. The van der Waals surface area contributed by atoms with Gasteiger partial charge in [-0.1, -0.05) is 12.1 Å². The summed E-state index contributed by atoms with van der Waals surface area (Å²) < 4.78 is 5.13. The van der Waals surface area contributed by atoms with Crippen molar-refractivity contribution in [3.05, 3.63) is 35.4 Å². The summed E-state index contributed by atoms with van der Waals surface area (Å²) in [5.41, 5.74) is 1.66. The first-order valence-corrected chi connectivity index (χ1v) is 7.72. The zero-order valence-electron chi connectivity index (χ0n) is 11.2. The Morgan fingerprint density at radius 2 is 2.10 bits per heavy atom. The van der Waals surface area contributed by atoms with Crippen LogP contribution in [-0.4, -0.2) is 53.9 Å². The summed E-state index contributed by atoms with van der Waals surface area (Å²) in [6.45, 7) is 0.730. The second kappa shape index (κ2) is 6.76. The molecule has 0 saturated carbocycles. The number of ether oxygens (including phenoxy) is 1. The fourth-order valence-corrected chi connectivity index (χ4v) is 2.65. The van der Waals surface area contributed by atoms with E-state index in [0.29, 0.717) is 18.7 Å². The van der Waals surface area contributed by atoms with Gasteiger partial charge in [0.1, 0.15) is 0 Å². The summed E-state index contributed by atoms with van der Waals surface area (Å²) in [7, 11) is 0. The minimum absolute atomic E-state index is 0.0473. The summed E-state index contributed by atoms with van der Waals surface area (Å²) in [6.07, 6.45) is 2.02. The smallest absolute Gasteiger partial charge is 0.328 e. The average molecular weight is 295 g/mol. The summed E-state index contributed by atoms with van der Waals surface area (Å²) >= 11 is 1.71. The molecule has 1 saturated heterocycles. The SMILES string of the molecule is CSCc1ccc(C(=O)N2CCOCC2C(=O)O)cc1. The van der Waals surface area contributed by atoms with Crippen LogP contribution in [0.15, 0.2) is 24.3 Å². The topological polar surface area (TPSA) is 66.8 Å². The zero-order valence-corrected chi connectivity index (χ0v) is 12.1. The number of carbonyl (C=O) groups excluding carboxylic acids is 1. The largest absolute Gasteiger partial charge is 0.480 e. The van der Waals surface area contributed by atoms with Crippen LogP contribution in [-0.2, 0) is 15.3 Å². The summed E-state index contributed by atoms with van der Waals surface area (Å²) in [4.78, 5) is 24.9. The number of thioether (sulfide) groups is 1. The number of hydrogen-bond acceptors (Lipinski definition) is 4. The fraction of sp³-hybridized carbons (Fsp3) is 0.429. The van der Waals surface area contributed by atoms with Crippen LogP contribution < -0.4 is 0 Å². The van der Waals surface area contributed by atoms with Gasteiger partial charge in [0, 0.05) is 17.9 Å². The second-order valence-electron chi connectivity index (χ2n) is 4.56. The Morgan fingerprint density at radius 3 is 2.70 bits per heavy atom. The van der Waals surface area contributed by atoms with Crippen molar-refractivity contribution in [2.45, 2.75) is 11.8 Å². The third-order valence-electron chi connectivity index (χ3n) is 3.19. The lowest BCUT2D eigenvalue weighted by Gasteiger charge is -2.32. The zero-order chi connectivity index (χ0) is 14.5. The molecule has 1 unspecified atom stereocenters. The van der Waals surface area contributed by atoms with Crippen molar-refractivity contribution in [2.75, 3.05) is 26.0 Å². The molecule has 1 amide bonds. The maximum atomic E-state index is 12.4. The highest BCUT2D eigenvalue weighted by molar-refractivity contribution is 7.97. The molecular weight excluding hydrogens is 278 g/mol. The normalized spacial score (nSPS) is 18.9. The van der Waals surface area contributed by atoms with Crippen molar-refractivity contribution in [3.8, 4) is 0 Å². The summed E-state index contributed by atoms with van der Waals surface area (Å²) in [5.74, 6) is -0.391. The van der Waals surface area contributed by atoms with Gasteiger partial charge < -0.3 is 14.7 Å². The summed E-state index contributed by atoms with van der Waals surface area (Å²) in [6, 6.07) is 6.41. The Kier molecular flexibility index (Phi) is 5.03. The number of carboxylic acid groups (broad SMARTS) is 1. The van der Waals surface area contributed by atoms with Crippen molar-refractivity contribution in [1.82, 2.24) is 4.90 Å². The molecule has 0 aromatic heterocycles. The molecule has 1 N–H and O–H groups in total. The predicted octanol–water partition coefficient (Wildman–Crippen LogP) is 1.48. The van der Waals surface area contributed by atoms with Crippen LogP contribution in [0.3, 0.4) is 0 Å². The Balaban J connectivity index is 2.14. The number of morpholine rings is 1. The van der Waals surface area contributed by atoms with Crippen molar-refractivity contribution in [2.24, 2.45) is 0 Å². The van der Waals surface area contributed by atoms with Gasteiger partial charge >= 0.3 is 5.97 Å². The van der Waals surface area contributed by atoms with Crippen molar-refractivity contribution < 1.29 is 19.4 Å². The third kappa shape index (κ3) is 3.32. The van der Waals surface area contributed by atoms with Crippen LogP contribution >= 0.6 is 11.8 Å². The van der Waals surface area contributed by atoms with Crippen LogP contribution in [0.4, 0.5) is 0 Å². The van der Waals surface area contributed by atoms with E-state index in [1.165, 1.54) is 4.90 Å². The molecule has 1 aromatic rings. The van der Waals surface area contributed by atoms with E-state index in [9.17, 15) is 9.59 Å². The molecule has 2 rings (SSSR count). The molecule has 0 radical (unpaired) electrons. The van der Waals surface area contributed by atoms with Gasteiger partial charge in [-0.2, -0.15) is 11.8 Å². The molecule has 108 valence electrons. The highest BCUT2D eigenvalue weighted by Gasteiger charge is 2.33. The number of benzene rings is 1. The van der Waals surface area contributed by atoms with Crippen LogP contribution in [0.25, 0.3) is 0 Å². The second-order valence-corrected chi connectivity index (χ2v) is 5.42. The van der Waals surface area contributed by atoms with E-state index in [0.717, 1.165) is 11.3 Å². The van der Waals surface area contributed by atoms with E-state index < -0.39 is 12.0 Å². The first kappa shape index (κ1) is 14.9. The van der Waals surface area contributed by atoms with Gasteiger partial charge in [0.05, 0.1) is 13.2 Å². The minimum atomic E-state index is -1.03. The minimum Gasteiger partial charge on any atom is -0.480 e. The van der Waals surface area contributed by atoms with E-state index in [-0.39, 0.29) is 12.5 Å². The van der Waals surface area contributed by atoms with Gasteiger partial charge in [0.15, 0.2) is 6.04 Å². The Bertz CT molecular complexity index is 488. The van der Waals surface area contributed by atoms with Gasteiger partial charge in [0.25, 0.3) is 5.91 Å². The van der Waals surface area contributed by atoms with Gasteiger partial charge in [0.2, 0.25) is 0 Å². The average Bonchev–Trinajstić information content (AvgIpc) is 2.47. The predicted molar refractivity (Wildman–Crippen MR) is 76.9 cm³/mol. The standard InChI is InChI=1S/C14H17NO4S/c1-20-9-10-2-4-11(5-3-10)13(16)15-6-7-19-8-12(15)14(17)18/h2-5,12H,6-9H2,1H3,(H,17,18). The van der Waals surface area contributed by atoms with E-state index in [1.54, 1.807) is 23.9 Å². The van der Waals surface area contributed by atoms with Crippen LogP contribution in [0, 0.1) is 0 Å². The number of rotatable bonds is 4. The number of carbonyl (C=O) groups is 2. The van der Waals surface area contributed by atoms with E-state index in [2.05, 4.69) is 0 Å². The number of nitrogens with zero attached hydrogens (tertiary/aromatic N) is 1. The Hall–Kier alpha value is -1.53. The number of aliphatic carboxylic acids is 1. The maximum Gasteiger partial charge on any atom is 0.328 e. The molecule has 0 bridgehead atoms. The molecule has 1 aromatic carbocycles. The first-order chi connectivity index (χ1) is 9.63. The van der Waals surface area contributed by atoms with Crippen LogP contribution in [0.1, 0.15) is 15.9 Å². The third-order valence-corrected chi connectivity index (χ3v) is 3.81. The van der Waals surface area contributed by atoms with E-state index in [4.69, 9.17) is 9.84 Å². The van der Waals surface area contributed by atoms with Crippen molar-refractivity contribution >= 4 is 23.6 Å². The lowest BCUT2D eigenvalue weighted by molar-refractivity contribution is -0.147. The van der Waals surface area contributed by atoms with Gasteiger partial charge in [-0.3, -0.25) is 4.79 Å². The van der Waals surface area contributed by atoms with Gasteiger partial charge in [-0.05, 0) is 24.0 Å². The van der Waals surface area contributed by atoms with E-state index in [1.807, 2.05) is 18.4 Å². The number of amides is 1. The van der Waals surface area contributed by atoms with Crippen LogP contribution in [0.5, 0.6) is 0 Å². The van der Waals surface area contributed by atoms with Crippen LogP contribution in [0.2, 0.25) is 0 Å². The first-order valence-electron chi connectivity index (χ1n) is 6.33. The molecule has 1 aliphatic rings. The molecule has 6 heteroatoms. The molecule has 1 atom stereocenters. The molecule has 1 fully saturated rings. The highest BCUT2D eigenvalue weighted by Crippen LogP contribution is 2.15. The number of carboxylic acids is 1. The molecule has 0 aliphatic carbocycles. The lowest BCUT2D eigenvalue weighted by atomic mass is 10.1. The lowest BCUT2D eigenvalue weighted by Crippen LogP contribution is -2.52. The molecular formula is C14H17NO4S. The van der Waals surface area contributed by atoms with Gasteiger partial charge in [-0.15, -0.1) is 0 Å². The van der Waals surface area contributed by atoms with Crippen molar-refractivity contribution in [1.29, 1.82) is 0 Å². The highest BCUT2D eigenvalue weighted by atomic mass is 32.2. The molecule has 20 heavy (non-hydrogen) atoms. The van der Waals surface area contributed by atoms with Gasteiger partial charge in [-0.25, -0.2) is 4.79 Å². The Labute approximate surface area is 121 Å². The maximum absolute atomic E-state index is 12.4. The van der Waals surface area contributed by atoms with E-state index >= 15 is 0 Å². The molecule has 1 aliphatic heterocycles. The summed E-state index contributed by atoms with van der Waals surface area (Å²) in [5, 5.41) is 9.14. The quantitative estimate of drug-likeness (QED) is 0.911.